The van der Waals surface area contributed by atoms with Gasteiger partial charge in [-0.1, -0.05) is 84.0 Å². The third-order valence-corrected chi connectivity index (χ3v) is 3.72. The van der Waals surface area contributed by atoms with Crippen molar-refractivity contribution in [3.8, 4) is 0 Å². The maximum absolute atomic E-state index is 8.25. The predicted octanol–water partition coefficient (Wildman–Crippen LogP) is 4.89. The van der Waals surface area contributed by atoms with Crippen molar-refractivity contribution in [1.29, 1.82) is 0 Å². The Morgan fingerprint density at radius 2 is 1.21 bits per heavy atom. The molecule has 0 amide bonds. The molecule has 3 heteroatoms. The Morgan fingerprint density at radius 3 is 1.63 bits per heavy atom. The van der Waals surface area contributed by atoms with Crippen molar-refractivity contribution in [2.45, 2.75) is 96.4 Å². The van der Waals surface area contributed by atoms with Gasteiger partial charge in [0.05, 0.1) is 6.61 Å². The zero-order valence-electron chi connectivity index (χ0n) is 12.9. The Bertz CT molecular complexity index is 165. The highest BCUT2D eigenvalue weighted by Gasteiger charge is 2.01. The maximum Gasteiger partial charge on any atom is 0.0970 e. The van der Waals surface area contributed by atoms with E-state index in [0.29, 0.717) is 0 Å². The Hall–Kier alpha value is -0.120. The fraction of sp³-hybridized carbons (Fsp3) is 1.00. The van der Waals surface area contributed by atoms with Gasteiger partial charge in [0.25, 0.3) is 0 Å². The minimum absolute atomic E-state index is 0.00637. The number of hydrogen-bond acceptors (Lipinski definition) is 3. The Morgan fingerprint density at radius 1 is 0.789 bits per heavy atom. The van der Waals surface area contributed by atoms with Crippen molar-refractivity contribution in [2.24, 2.45) is 5.73 Å². The highest BCUT2D eigenvalue weighted by atomic mass is 17.1. The molecule has 0 aliphatic carbocycles. The minimum Gasteiger partial charge on any atom is -0.326 e. The van der Waals surface area contributed by atoms with Gasteiger partial charge in [-0.15, -0.1) is 0 Å². The fourth-order valence-corrected chi connectivity index (χ4v) is 2.43. The van der Waals surface area contributed by atoms with Crippen LogP contribution in [0.1, 0.15) is 90.4 Å². The molecule has 0 aromatic rings. The molecular formula is C16H35NO2. The Kier molecular flexibility index (Phi) is 15.8. The molecule has 0 saturated heterocycles. The molecule has 3 nitrogen and oxygen atoms in total. The number of hydrogen-bond donors (Lipinski definition) is 2. The first-order valence-corrected chi connectivity index (χ1v) is 8.33. The van der Waals surface area contributed by atoms with Gasteiger partial charge in [-0.05, 0) is 6.42 Å². The van der Waals surface area contributed by atoms with E-state index in [1.54, 1.807) is 0 Å². The molecular weight excluding hydrogens is 238 g/mol. The van der Waals surface area contributed by atoms with E-state index in [-0.39, 0.29) is 12.6 Å². The van der Waals surface area contributed by atoms with Gasteiger partial charge in [-0.25, -0.2) is 4.89 Å². The van der Waals surface area contributed by atoms with E-state index in [0.717, 1.165) is 12.8 Å². The van der Waals surface area contributed by atoms with Gasteiger partial charge in [0.15, 0.2) is 0 Å². The van der Waals surface area contributed by atoms with Crippen LogP contribution in [0.3, 0.4) is 0 Å². The second-order valence-corrected chi connectivity index (χ2v) is 5.73. The van der Waals surface area contributed by atoms with Crippen LogP contribution in [-0.4, -0.2) is 17.9 Å². The summed E-state index contributed by atoms with van der Waals surface area (Å²) in [6.45, 7) is 2.53. The summed E-state index contributed by atoms with van der Waals surface area (Å²) in [6.07, 6.45) is 17.3. The summed E-state index contributed by atoms with van der Waals surface area (Å²) in [5.41, 5.74) is 5.73. The zero-order valence-corrected chi connectivity index (χ0v) is 12.9. The second kappa shape index (κ2) is 15.9. The zero-order chi connectivity index (χ0) is 14.2. The van der Waals surface area contributed by atoms with Crippen molar-refractivity contribution < 1.29 is 10.1 Å². The molecule has 0 spiro atoms. The summed E-state index contributed by atoms with van der Waals surface area (Å²) in [4.78, 5) is 4.04. The monoisotopic (exact) mass is 273 g/mol. The summed E-state index contributed by atoms with van der Waals surface area (Å²) < 4.78 is 0. The normalized spacial score (nSPS) is 12.8. The topological polar surface area (TPSA) is 55.5 Å². The standard InChI is InChI=1S/C16H35NO2/c1-2-3-4-5-6-7-8-9-10-11-12-13-14-16(17)15-19-18/h16,18H,2-15,17H2,1H3. The molecule has 19 heavy (non-hydrogen) atoms. The molecule has 1 unspecified atom stereocenters. The fourth-order valence-electron chi connectivity index (χ4n) is 2.43. The molecule has 0 saturated carbocycles. The molecule has 0 bridgehead atoms. The summed E-state index contributed by atoms with van der Waals surface area (Å²) >= 11 is 0. The smallest absolute Gasteiger partial charge is 0.0970 e. The van der Waals surface area contributed by atoms with Crippen LogP contribution in [0.15, 0.2) is 0 Å². The van der Waals surface area contributed by atoms with Crippen LogP contribution in [0.25, 0.3) is 0 Å². The van der Waals surface area contributed by atoms with Gasteiger partial charge in [0, 0.05) is 6.04 Å². The van der Waals surface area contributed by atoms with Crippen LogP contribution in [0, 0.1) is 0 Å². The highest BCUT2D eigenvalue weighted by molar-refractivity contribution is 4.59. The largest absolute Gasteiger partial charge is 0.326 e. The van der Waals surface area contributed by atoms with E-state index in [1.807, 2.05) is 0 Å². The van der Waals surface area contributed by atoms with Gasteiger partial charge >= 0.3 is 0 Å². The first-order chi connectivity index (χ1) is 9.31. The molecule has 0 aliphatic heterocycles. The van der Waals surface area contributed by atoms with E-state index in [4.69, 9.17) is 11.0 Å². The predicted molar refractivity (Wildman–Crippen MR) is 82.3 cm³/mol. The van der Waals surface area contributed by atoms with Crippen molar-refractivity contribution in [3.63, 3.8) is 0 Å². The van der Waals surface area contributed by atoms with E-state index in [9.17, 15) is 0 Å². The van der Waals surface area contributed by atoms with Crippen LogP contribution in [0.4, 0.5) is 0 Å². The summed E-state index contributed by atoms with van der Waals surface area (Å²) in [6, 6.07) is -0.00637. The lowest BCUT2D eigenvalue weighted by Crippen LogP contribution is -2.25. The maximum atomic E-state index is 8.25. The van der Waals surface area contributed by atoms with Crippen LogP contribution in [0.2, 0.25) is 0 Å². The van der Waals surface area contributed by atoms with Crippen LogP contribution < -0.4 is 5.73 Å². The van der Waals surface area contributed by atoms with Crippen molar-refractivity contribution in [2.75, 3.05) is 6.61 Å². The first-order valence-electron chi connectivity index (χ1n) is 8.33. The summed E-state index contributed by atoms with van der Waals surface area (Å²) in [5.74, 6) is 0. The van der Waals surface area contributed by atoms with Gasteiger partial charge < -0.3 is 5.73 Å². The average Bonchev–Trinajstić information content (AvgIpc) is 2.40. The van der Waals surface area contributed by atoms with Crippen LogP contribution in [-0.2, 0) is 4.89 Å². The third-order valence-electron chi connectivity index (χ3n) is 3.72. The number of rotatable bonds is 15. The van der Waals surface area contributed by atoms with Crippen molar-refractivity contribution in [3.05, 3.63) is 0 Å². The van der Waals surface area contributed by atoms with Crippen LogP contribution >= 0.6 is 0 Å². The molecule has 0 fully saturated rings. The first kappa shape index (κ1) is 18.9. The molecule has 1 atom stereocenters. The van der Waals surface area contributed by atoms with E-state index in [2.05, 4.69) is 11.8 Å². The van der Waals surface area contributed by atoms with Crippen molar-refractivity contribution in [1.82, 2.24) is 0 Å². The minimum atomic E-state index is -0.00637. The molecule has 0 aromatic heterocycles. The lowest BCUT2D eigenvalue weighted by atomic mass is 10.0. The second-order valence-electron chi connectivity index (χ2n) is 5.73. The lowest BCUT2D eigenvalue weighted by molar-refractivity contribution is -0.245. The molecule has 0 rings (SSSR count). The van der Waals surface area contributed by atoms with E-state index >= 15 is 0 Å². The lowest BCUT2D eigenvalue weighted by Gasteiger charge is -2.08. The molecule has 116 valence electrons. The van der Waals surface area contributed by atoms with Gasteiger partial charge in [-0.3, -0.25) is 5.26 Å². The quantitative estimate of drug-likeness (QED) is 0.253. The van der Waals surface area contributed by atoms with Crippen LogP contribution in [0.5, 0.6) is 0 Å². The number of nitrogens with two attached hydrogens (primary N) is 1. The van der Waals surface area contributed by atoms with Crippen molar-refractivity contribution >= 4 is 0 Å². The highest BCUT2D eigenvalue weighted by Crippen LogP contribution is 2.12. The average molecular weight is 273 g/mol. The Labute approximate surface area is 119 Å². The van der Waals surface area contributed by atoms with E-state index in [1.165, 1.54) is 70.6 Å². The molecule has 0 heterocycles. The van der Waals surface area contributed by atoms with Gasteiger partial charge in [0.2, 0.25) is 0 Å². The molecule has 0 aromatic carbocycles. The molecule has 0 aliphatic rings. The third kappa shape index (κ3) is 15.8. The van der Waals surface area contributed by atoms with Gasteiger partial charge in [-0.2, -0.15) is 0 Å². The SMILES string of the molecule is CCCCCCCCCCCCCCC(N)COO. The summed E-state index contributed by atoms with van der Waals surface area (Å²) in [5, 5.41) is 8.25. The van der Waals surface area contributed by atoms with E-state index < -0.39 is 0 Å². The molecule has 0 radical (unpaired) electrons. The van der Waals surface area contributed by atoms with Gasteiger partial charge in [0.1, 0.15) is 0 Å². The summed E-state index contributed by atoms with van der Waals surface area (Å²) in [7, 11) is 0. The Balaban J connectivity index is 2.99. The number of unbranched alkanes of at least 4 members (excludes halogenated alkanes) is 11. The molecule has 3 N–H and O–H groups in total.